The van der Waals surface area contributed by atoms with Gasteiger partial charge in [0.2, 0.25) is 5.91 Å². The van der Waals surface area contributed by atoms with Gasteiger partial charge in [-0.15, -0.1) is 0 Å². The zero-order valence-electron chi connectivity index (χ0n) is 12.7. The highest BCUT2D eigenvalue weighted by Gasteiger charge is 2.33. The van der Waals surface area contributed by atoms with Gasteiger partial charge in [0.25, 0.3) is 0 Å². The summed E-state index contributed by atoms with van der Waals surface area (Å²) in [4.78, 5) is 23.3. The maximum atomic E-state index is 12.1. The third-order valence-electron chi connectivity index (χ3n) is 4.32. The highest BCUT2D eigenvalue weighted by Crippen LogP contribution is 2.30. The quantitative estimate of drug-likeness (QED) is 0.637. The fourth-order valence-corrected chi connectivity index (χ4v) is 2.96. The Balaban J connectivity index is 2.53. The van der Waals surface area contributed by atoms with Crippen LogP contribution < -0.4 is 10.6 Å². The molecule has 5 heteroatoms. The standard InChI is InChI=1S/C15H28N2O3/c1-3-4-8-12(14(19)20)17-13(18)11-15(16-2)9-6-5-7-10-15/h12,16H,3-11H2,1-2H3,(H,17,18)(H,19,20). The first-order valence-electron chi connectivity index (χ1n) is 7.74. The third-order valence-corrected chi connectivity index (χ3v) is 4.32. The first-order chi connectivity index (χ1) is 9.53. The van der Waals surface area contributed by atoms with Crippen molar-refractivity contribution in [1.29, 1.82) is 0 Å². The van der Waals surface area contributed by atoms with Crippen molar-refractivity contribution in [1.82, 2.24) is 10.6 Å². The second kappa shape index (κ2) is 8.25. The number of carboxylic acids is 1. The Kier molecular flexibility index (Phi) is 6.99. The summed E-state index contributed by atoms with van der Waals surface area (Å²) in [5.41, 5.74) is -0.143. The van der Waals surface area contributed by atoms with E-state index in [0.717, 1.165) is 38.5 Å². The minimum Gasteiger partial charge on any atom is -0.480 e. The Hall–Kier alpha value is -1.10. The van der Waals surface area contributed by atoms with Gasteiger partial charge in [-0.05, 0) is 26.3 Å². The molecule has 0 bridgehead atoms. The van der Waals surface area contributed by atoms with Crippen LogP contribution in [0.4, 0.5) is 0 Å². The van der Waals surface area contributed by atoms with E-state index in [1.165, 1.54) is 6.42 Å². The van der Waals surface area contributed by atoms with Gasteiger partial charge in [-0.1, -0.05) is 39.0 Å². The molecule has 1 atom stereocenters. The van der Waals surface area contributed by atoms with E-state index < -0.39 is 12.0 Å². The number of hydrogen-bond donors (Lipinski definition) is 3. The lowest BCUT2D eigenvalue weighted by Crippen LogP contribution is -2.50. The molecule has 0 spiro atoms. The smallest absolute Gasteiger partial charge is 0.326 e. The summed E-state index contributed by atoms with van der Waals surface area (Å²) >= 11 is 0. The molecule has 0 aliphatic heterocycles. The average Bonchev–Trinajstić information content (AvgIpc) is 2.44. The second-order valence-corrected chi connectivity index (χ2v) is 5.87. The molecule has 0 heterocycles. The summed E-state index contributed by atoms with van der Waals surface area (Å²) in [6.07, 6.45) is 8.09. The third kappa shape index (κ3) is 5.12. The molecule has 116 valence electrons. The topological polar surface area (TPSA) is 78.4 Å². The van der Waals surface area contributed by atoms with Crippen molar-refractivity contribution in [2.75, 3.05) is 7.05 Å². The Morgan fingerprint density at radius 1 is 1.25 bits per heavy atom. The van der Waals surface area contributed by atoms with Gasteiger partial charge < -0.3 is 15.7 Å². The zero-order chi connectivity index (χ0) is 15.0. The number of hydrogen-bond acceptors (Lipinski definition) is 3. The number of unbranched alkanes of at least 4 members (excludes halogenated alkanes) is 1. The van der Waals surface area contributed by atoms with Gasteiger partial charge in [0.1, 0.15) is 6.04 Å². The van der Waals surface area contributed by atoms with Gasteiger partial charge in [0.05, 0.1) is 0 Å². The van der Waals surface area contributed by atoms with Crippen molar-refractivity contribution in [3.8, 4) is 0 Å². The highest BCUT2D eigenvalue weighted by atomic mass is 16.4. The number of amides is 1. The molecule has 1 unspecified atom stereocenters. The molecule has 0 saturated heterocycles. The van der Waals surface area contributed by atoms with Crippen LogP contribution in [0.1, 0.15) is 64.7 Å². The number of aliphatic carboxylic acids is 1. The van der Waals surface area contributed by atoms with Crippen LogP contribution in [0.25, 0.3) is 0 Å². The summed E-state index contributed by atoms with van der Waals surface area (Å²) in [5.74, 6) is -1.08. The van der Waals surface area contributed by atoms with Gasteiger partial charge in [-0.2, -0.15) is 0 Å². The molecule has 1 amide bonds. The van der Waals surface area contributed by atoms with E-state index in [2.05, 4.69) is 10.6 Å². The molecule has 3 N–H and O–H groups in total. The minimum absolute atomic E-state index is 0.143. The van der Waals surface area contributed by atoms with E-state index >= 15 is 0 Å². The van der Waals surface area contributed by atoms with Crippen LogP contribution in [0.3, 0.4) is 0 Å². The summed E-state index contributed by atoms with van der Waals surface area (Å²) in [7, 11) is 1.89. The predicted molar refractivity (Wildman–Crippen MR) is 78.6 cm³/mol. The molecule has 1 fully saturated rings. The van der Waals surface area contributed by atoms with E-state index in [9.17, 15) is 9.59 Å². The van der Waals surface area contributed by atoms with Crippen LogP contribution >= 0.6 is 0 Å². The maximum absolute atomic E-state index is 12.1. The first-order valence-corrected chi connectivity index (χ1v) is 7.74. The van der Waals surface area contributed by atoms with Crippen LogP contribution in [0.2, 0.25) is 0 Å². The van der Waals surface area contributed by atoms with Crippen molar-refractivity contribution in [2.45, 2.75) is 76.3 Å². The molecular formula is C15H28N2O3. The monoisotopic (exact) mass is 284 g/mol. The van der Waals surface area contributed by atoms with Crippen molar-refractivity contribution in [3.05, 3.63) is 0 Å². The Bertz CT molecular complexity index is 325. The van der Waals surface area contributed by atoms with Crippen molar-refractivity contribution in [3.63, 3.8) is 0 Å². The van der Waals surface area contributed by atoms with Gasteiger partial charge in [-0.3, -0.25) is 4.79 Å². The fourth-order valence-electron chi connectivity index (χ4n) is 2.96. The average molecular weight is 284 g/mol. The molecular weight excluding hydrogens is 256 g/mol. The van der Waals surface area contributed by atoms with Crippen LogP contribution in [-0.2, 0) is 9.59 Å². The van der Waals surface area contributed by atoms with Gasteiger partial charge in [0.15, 0.2) is 0 Å². The van der Waals surface area contributed by atoms with Crippen LogP contribution in [-0.4, -0.2) is 35.6 Å². The van der Waals surface area contributed by atoms with Crippen LogP contribution in [0, 0.1) is 0 Å². The van der Waals surface area contributed by atoms with E-state index in [-0.39, 0.29) is 11.4 Å². The Morgan fingerprint density at radius 3 is 2.40 bits per heavy atom. The predicted octanol–water partition coefficient (Wildman–Crippen LogP) is 2.06. The first kappa shape index (κ1) is 17.0. The molecule has 1 aliphatic carbocycles. The molecule has 0 radical (unpaired) electrons. The molecule has 1 aliphatic rings. The SMILES string of the molecule is CCCCC(NC(=O)CC1(NC)CCCCC1)C(=O)O. The number of carbonyl (C=O) groups excluding carboxylic acids is 1. The summed E-state index contributed by atoms with van der Waals surface area (Å²) in [5, 5.41) is 15.1. The lowest BCUT2D eigenvalue weighted by atomic mass is 9.79. The van der Waals surface area contributed by atoms with Gasteiger partial charge in [-0.25, -0.2) is 4.79 Å². The summed E-state index contributed by atoms with van der Waals surface area (Å²) in [6, 6.07) is -0.750. The van der Waals surface area contributed by atoms with Crippen LogP contribution in [0.15, 0.2) is 0 Å². The van der Waals surface area contributed by atoms with E-state index in [1.54, 1.807) is 0 Å². The lowest BCUT2D eigenvalue weighted by molar-refractivity contribution is -0.142. The fraction of sp³-hybridized carbons (Fsp3) is 0.867. The van der Waals surface area contributed by atoms with E-state index in [4.69, 9.17) is 5.11 Å². The molecule has 1 rings (SSSR count). The molecule has 5 nitrogen and oxygen atoms in total. The molecule has 0 aromatic heterocycles. The number of rotatable bonds is 8. The number of carboxylic acid groups (broad SMARTS) is 1. The normalized spacial score (nSPS) is 19.3. The molecule has 20 heavy (non-hydrogen) atoms. The van der Waals surface area contributed by atoms with Crippen molar-refractivity contribution in [2.24, 2.45) is 0 Å². The van der Waals surface area contributed by atoms with Gasteiger partial charge >= 0.3 is 5.97 Å². The summed E-state index contributed by atoms with van der Waals surface area (Å²) < 4.78 is 0. The Morgan fingerprint density at radius 2 is 1.90 bits per heavy atom. The van der Waals surface area contributed by atoms with Crippen molar-refractivity contribution < 1.29 is 14.7 Å². The molecule has 0 aromatic rings. The Labute approximate surface area is 121 Å². The van der Waals surface area contributed by atoms with Crippen molar-refractivity contribution >= 4 is 11.9 Å². The van der Waals surface area contributed by atoms with E-state index in [1.807, 2.05) is 14.0 Å². The summed E-state index contributed by atoms with van der Waals surface area (Å²) in [6.45, 7) is 2.01. The highest BCUT2D eigenvalue weighted by molar-refractivity contribution is 5.84. The van der Waals surface area contributed by atoms with Gasteiger partial charge in [0, 0.05) is 12.0 Å². The zero-order valence-corrected chi connectivity index (χ0v) is 12.7. The molecule has 1 saturated carbocycles. The largest absolute Gasteiger partial charge is 0.480 e. The second-order valence-electron chi connectivity index (χ2n) is 5.87. The number of nitrogens with one attached hydrogen (secondary N) is 2. The minimum atomic E-state index is -0.936. The van der Waals surface area contributed by atoms with Crippen LogP contribution in [0.5, 0.6) is 0 Å². The number of carbonyl (C=O) groups is 2. The molecule has 0 aromatic carbocycles. The lowest BCUT2D eigenvalue weighted by Gasteiger charge is -2.37. The van der Waals surface area contributed by atoms with E-state index in [0.29, 0.717) is 12.8 Å². The maximum Gasteiger partial charge on any atom is 0.326 e.